The summed E-state index contributed by atoms with van der Waals surface area (Å²) in [5.41, 5.74) is 3.90. The van der Waals surface area contributed by atoms with E-state index in [1.165, 1.54) is 0 Å². The summed E-state index contributed by atoms with van der Waals surface area (Å²) in [5.74, 6) is 0. The molecule has 0 radical (unpaired) electrons. The Kier molecular flexibility index (Phi) is 3.65. The van der Waals surface area contributed by atoms with Gasteiger partial charge < -0.3 is 10.3 Å². The highest BCUT2D eigenvalue weighted by Crippen LogP contribution is 2.24. The largest absolute Gasteiger partial charge is 0.381 e. The van der Waals surface area contributed by atoms with Gasteiger partial charge in [0.1, 0.15) is 0 Å². The molecule has 7 heteroatoms. The van der Waals surface area contributed by atoms with Crippen LogP contribution in [0.1, 0.15) is 5.56 Å². The summed E-state index contributed by atoms with van der Waals surface area (Å²) < 4.78 is 0. The molecule has 0 fully saturated rings. The third-order valence-corrected chi connectivity index (χ3v) is 3.94. The van der Waals surface area contributed by atoms with Gasteiger partial charge in [-0.3, -0.25) is 10.1 Å². The Labute approximate surface area is 124 Å². The Morgan fingerprint density at radius 1 is 1.33 bits per heavy atom. The minimum Gasteiger partial charge on any atom is -0.381 e. The maximum absolute atomic E-state index is 10.6. The van der Waals surface area contributed by atoms with Gasteiger partial charge in [-0.15, -0.1) is 0 Å². The summed E-state index contributed by atoms with van der Waals surface area (Å²) in [7, 11) is 0. The van der Waals surface area contributed by atoms with Gasteiger partial charge >= 0.3 is 5.00 Å². The number of rotatable bonds is 5. The second-order valence-electron chi connectivity index (χ2n) is 4.45. The van der Waals surface area contributed by atoms with Gasteiger partial charge in [0.25, 0.3) is 0 Å². The highest BCUT2D eigenvalue weighted by Gasteiger charge is 2.09. The monoisotopic (exact) mass is 300 g/mol. The molecule has 0 aliphatic carbocycles. The van der Waals surface area contributed by atoms with Crippen molar-refractivity contribution in [2.24, 2.45) is 0 Å². The molecule has 106 valence electrons. The van der Waals surface area contributed by atoms with Crippen molar-refractivity contribution in [3.05, 3.63) is 63.9 Å². The summed E-state index contributed by atoms with van der Waals surface area (Å²) in [5, 5.41) is 15.8. The molecule has 0 saturated carbocycles. The first-order valence-corrected chi connectivity index (χ1v) is 7.15. The van der Waals surface area contributed by atoms with Crippen molar-refractivity contribution in [3.63, 3.8) is 0 Å². The van der Waals surface area contributed by atoms with Crippen LogP contribution >= 0.6 is 11.3 Å². The van der Waals surface area contributed by atoms with Crippen molar-refractivity contribution in [3.8, 4) is 11.3 Å². The van der Waals surface area contributed by atoms with Crippen LogP contribution in [-0.4, -0.2) is 14.9 Å². The average Bonchev–Trinajstić information content (AvgIpc) is 3.17. The van der Waals surface area contributed by atoms with Crippen LogP contribution < -0.4 is 5.32 Å². The average molecular weight is 300 g/mol. The van der Waals surface area contributed by atoms with Gasteiger partial charge in [0.2, 0.25) is 0 Å². The predicted molar refractivity (Wildman–Crippen MR) is 82.3 cm³/mol. The fraction of sp³-hybridized carbons (Fsp3) is 0.0714. The summed E-state index contributed by atoms with van der Waals surface area (Å²) >= 11 is 1.14. The fourth-order valence-corrected chi connectivity index (χ4v) is 2.67. The highest BCUT2D eigenvalue weighted by molar-refractivity contribution is 7.13. The van der Waals surface area contributed by atoms with Crippen molar-refractivity contribution >= 4 is 22.0 Å². The topological polar surface area (TPSA) is 83.8 Å². The van der Waals surface area contributed by atoms with Crippen LogP contribution in [0.5, 0.6) is 0 Å². The van der Waals surface area contributed by atoms with Gasteiger partial charge in [0, 0.05) is 23.7 Å². The Bertz CT molecular complexity index is 735. The van der Waals surface area contributed by atoms with E-state index in [1.54, 1.807) is 24.0 Å². The number of H-pyrrole nitrogens is 1. The summed E-state index contributed by atoms with van der Waals surface area (Å²) in [6.07, 6.45) is 3.41. The van der Waals surface area contributed by atoms with Gasteiger partial charge in [-0.05, 0) is 23.3 Å². The van der Waals surface area contributed by atoms with Gasteiger partial charge in [0.15, 0.2) is 0 Å². The summed E-state index contributed by atoms with van der Waals surface area (Å²) in [4.78, 5) is 17.3. The number of aromatic amines is 1. The van der Waals surface area contributed by atoms with Crippen molar-refractivity contribution in [1.29, 1.82) is 0 Å². The molecule has 0 atom stereocenters. The quantitative estimate of drug-likeness (QED) is 0.556. The van der Waals surface area contributed by atoms with Crippen LogP contribution in [0.15, 0.2) is 48.2 Å². The van der Waals surface area contributed by atoms with E-state index in [2.05, 4.69) is 15.3 Å². The zero-order chi connectivity index (χ0) is 14.7. The number of aromatic nitrogens is 2. The summed E-state index contributed by atoms with van der Waals surface area (Å²) in [6.45, 7) is 0.563. The molecule has 1 aromatic carbocycles. The Balaban J connectivity index is 1.64. The molecule has 2 N–H and O–H groups in total. The molecule has 0 aliphatic heterocycles. The Morgan fingerprint density at radius 2 is 2.14 bits per heavy atom. The molecule has 6 nitrogen and oxygen atoms in total. The van der Waals surface area contributed by atoms with Crippen LogP contribution in [0.3, 0.4) is 0 Å². The number of nitrogens with one attached hydrogen (secondary N) is 2. The van der Waals surface area contributed by atoms with Crippen LogP contribution in [-0.2, 0) is 6.54 Å². The fourth-order valence-electron chi connectivity index (χ4n) is 1.94. The molecule has 0 amide bonds. The maximum atomic E-state index is 10.6. The van der Waals surface area contributed by atoms with Gasteiger partial charge in [-0.2, -0.15) is 0 Å². The van der Waals surface area contributed by atoms with Crippen LogP contribution in [0.4, 0.5) is 10.7 Å². The minimum atomic E-state index is -0.368. The number of hydrogen-bond donors (Lipinski definition) is 2. The smallest absolute Gasteiger partial charge is 0.324 e. The normalized spacial score (nSPS) is 10.5. The Morgan fingerprint density at radius 3 is 2.76 bits per heavy atom. The second kappa shape index (κ2) is 5.76. The lowest BCUT2D eigenvalue weighted by Gasteiger charge is -2.05. The molecule has 2 aromatic heterocycles. The van der Waals surface area contributed by atoms with Crippen molar-refractivity contribution < 1.29 is 4.92 Å². The van der Waals surface area contributed by atoms with E-state index in [0.29, 0.717) is 6.54 Å². The van der Waals surface area contributed by atoms with Crippen molar-refractivity contribution in [2.75, 3.05) is 5.32 Å². The van der Waals surface area contributed by atoms with E-state index < -0.39 is 0 Å². The van der Waals surface area contributed by atoms with E-state index in [-0.39, 0.29) is 9.92 Å². The molecule has 3 rings (SSSR count). The van der Waals surface area contributed by atoms with Crippen molar-refractivity contribution in [1.82, 2.24) is 9.97 Å². The van der Waals surface area contributed by atoms with Crippen LogP contribution in [0.2, 0.25) is 0 Å². The lowest BCUT2D eigenvalue weighted by atomic mass is 10.1. The number of benzene rings is 1. The molecule has 0 unspecified atom stereocenters. The lowest BCUT2D eigenvalue weighted by Crippen LogP contribution is -1.97. The van der Waals surface area contributed by atoms with E-state index in [0.717, 1.165) is 33.8 Å². The molecule has 0 aliphatic rings. The predicted octanol–water partition coefficient (Wildman–Crippen LogP) is 3.66. The van der Waals surface area contributed by atoms with E-state index in [4.69, 9.17) is 0 Å². The first kappa shape index (κ1) is 13.3. The van der Waals surface area contributed by atoms with Crippen LogP contribution in [0, 0.1) is 10.1 Å². The van der Waals surface area contributed by atoms with Crippen molar-refractivity contribution in [2.45, 2.75) is 6.54 Å². The number of thiophene rings is 1. The number of nitro groups is 1. The third kappa shape index (κ3) is 3.09. The zero-order valence-electron chi connectivity index (χ0n) is 10.9. The van der Waals surface area contributed by atoms with Crippen LogP contribution in [0.25, 0.3) is 11.3 Å². The molecule has 3 aromatic rings. The molecule has 2 heterocycles. The second-order valence-corrected chi connectivity index (χ2v) is 5.34. The molecular formula is C14H12N4O2S. The van der Waals surface area contributed by atoms with Gasteiger partial charge in [-0.25, -0.2) is 4.98 Å². The maximum Gasteiger partial charge on any atom is 0.324 e. The highest BCUT2D eigenvalue weighted by atomic mass is 32.1. The molecule has 0 saturated heterocycles. The third-order valence-electron chi connectivity index (χ3n) is 3.01. The Hall–Kier alpha value is -2.67. The number of imidazole rings is 1. The van der Waals surface area contributed by atoms with E-state index in [9.17, 15) is 10.1 Å². The number of hydrogen-bond acceptors (Lipinski definition) is 5. The molecular weight excluding hydrogens is 288 g/mol. The summed E-state index contributed by atoms with van der Waals surface area (Å²) in [6, 6.07) is 9.52. The SMILES string of the molecule is O=[N+]([O-])c1cc(CNc2ccc(-c3cnc[nH]3)cc2)cs1. The molecule has 0 spiro atoms. The zero-order valence-corrected chi connectivity index (χ0v) is 11.8. The van der Waals surface area contributed by atoms with Gasteiger partial charge in [0.05, 0.1) is 23.1 Å². The van der Waals surface area contributed by atoms with E-state index >= 15 is 0 Å². The lowest BCUT2D eigenvalue weighted by molar-refractivity contribution is -0.380. The molecule has 21 heavy (non-hydrogen) atoms. The molecule has 0 bridgehead atoms. The first-order chi connectivity index (χ1) is 10.2. The first-order valence-electron chi connectivity index (χ1n) is 6.27. The van der Waals surface area contributed by atoms with E-state index in [1.807, 2.05) is 24.3 Å². The van der Waals surface area contributed by atoms with Gasteiger partial charge in [-0.1, -0.05) is 23.5 Å². The number of anilines is 1. The standard InChI is InChI=1S/C14H12N4O2S/c19-18(20)14-5-10(8-21-14)6-16-12-3-1-11(2-4-12)13-7-15-9-17-13/h1-5,7-9,16H,6H2,(H,15,17). The number of nitrogens with zero attached hydrogens (tertiary/aromatic N) is 2. The minimum absolute atomic E-state index is 0.168.